The van der Waals surface area contributed by atoms with Crippen molar-refractivity contribution in [3.63, 3.8) is 0 Å². The van der Waals surface area contributed by atoms with Gasteiger partial charge in [-0.25, -0.2) is 4.79 Å². The lowest BCUT2D eigenvalue weighted by Crippen LogP contribution is -2.25. The first-order valence-electron chi connectivity index (χ1n) is 7.54. The molecule has 0 aliphatic rings. The Labute approximate surface area is 152 Å². The van der Waals surface area contributed by atoms with E-state index in [1.54, 1.807) is 42.8 Å². The van der Waals surface area contributed by atoms with E-state index in [-0.39, 0.29) is 0 Å². The van der Waals surface area contributed by atoms with Gasteiger partial charge in [0, 0.05) is 40.2 Å². The van der Waals surface area contributed by atoms with Gasteiger partial charge in [0.1, 0.15) is 11.5 Å². The molecule has 1 unspecified atom stereocenters. The molecule has 1 amide bonds. The number of amides is 1. The predicted octanol–water partition coefficient (Wildman–Crippen LogP) is 4.41. The molecule has 1 N–H and O–H groups in total. The SMILES string of the molecule is COc1ccc(OC(=O)NCP)cc1-c1cncc(-c2cccs2)c1. The fourth-order valence-corrected chi connectivity index (χ4v) is 3.24. The van der Waals surface area contributed by atoms with Crippen LogP contribution in [0.2, 0.25) is 0 Å². The Morgan fingerprint density at radius 3 is 2.80 bits per heavy atom. The van der Waals surface area contributed by atoms with Crippen LogP contribution in [0, 0.1) is 0 Å². The molecule has 2 aromatic heterocycles. The van der Waals surface area contributed by atoms with Gasteiger partial charge in [-0.2, -0.15) is 0 Å². The summed E-state index contributed by atoms with van der Waals surface area (Å²) >= 11 is 1.66. The maximum Gasteiger partial charge on any atom is 0.412 e. The zero-order valence-corrected chi connectivity index (χ0v) is 15.5. The number of thiophene rings is 1. The highest BCUT2D eigenvalue weighted by Crippen LogP contribution is 2.35. The number of carbonyl (C=O) groups is 1. The Bertz CT molecular complexity index is 869. The Morgan fingerprint density at radius 1 is 1.24 bits per heavy atom. The topological polar surface area (TPSA) is 60.5 Å². The van der Waals surface area contributed by atoms with Gasteiger partial charge < -0.3 is 14.8 Å². The van der Waals surface area contributed by atoms with E-state index < -0.39 is 6.09 Å². The van der Waals surface area contributed by atoms with Gasteiger partial charge >= 0.3 is 6.09 Å². The number of benzene rings is 1. The highest BCUT2D eigenvalue weighted by Gasteiger charge is 2.12. The van der Waals surface area contributed by atoms with E-state index in [0.717, 1.165) is 21.6 Å². The van der Waals surface area contributed by atoms with Crippen molar-refractivity contribution in [3.8, 4) is 33.1 Å². The minimum atomic E-state index is -0.503. The van der Waals surface area contributed by atoms with Crippen LogP contribution in [0.15, 0.2) is 54.2 Å². The molecular weight excluding hydrogens is 355 g/mol. The second-order valence-electron chi connectivity index (χ2n) is 5.07. The van der Waals surface area contributed by atoms with E-state index in [0.29, 0.717) is 17.8 Å². The van der Waals surface area contributed by atoms with Gasteiger partial charge in [0.15, 0.2) is 0 Å². The Morgan fingerprint density at radius 2 is 2.08 bits per heavy atom. The normalized spacial score (nSPS) is 10.3. The van der Waals surface area contributed by atoms with Crippen LogP contribution in [0.3, 0.4) is 0 Å². The molecule has 0 saturated carbocycles. The Kier molecular flexibility index (Phi) is 5.64. The van der Waals surface area contributed by atoms with Crippen molar-refractivity contribution in [2.24, 2.45) is 0 Å². The zero-order valence-electron chi connectivity index (χ0n) is 13.6. The van der Waals surface area contributed by atoms with E-state index in [4.69, 9.17) is 9.47 Å². The van der Waals surface area contributed by atoms with Gasteiger partial charge in [-0.3, -0.25) is 4.98 Å². The predicted molar refractivity (Wildman–Crippen MR) is 103 cm³/mol. The van der Waals surface area contributed by atoms with E-state index in [1.165, 1.54) is 0 Å². The minimum Gasteiger partial charge on any atom is -0.496 e. The number of pyridine rings is 1. The van der Waals surface area contributed by atoms with Crippen LogP contribution in [0.1, 0.15) is 0 Å². The third-order valence-corrected chi connectivity index (χ3v) is 4.61. The number of nitrogens with one attached hydrogen (secondary N) is 1. The number of nitrogens with zero attached hydrogens (tertiary/aromatic N) is 1. The second-order valence-corrected chi connectivity index (χ2v) is 6.43. The summed E-state index contributed by atoms with van der Waals surface area (Å²) in [5.41, 5.74) is 2.73. The first-order valence-corrected chi connectivity index (χ1v) is 9.24. The second kappa shape index (κ2) is 8.10. The molecule has 3 rings (SSSR count). The van der Waals surface area contributed by atoms with Crippen molar-refractivity contribution in [3.05, 3.63) is 54.2 Å². The molecule has 128 valence electrons. The van der Waals surface area contributed by atoms with Crippen LogP contribution < -0.4 is 14.8 Å². The third-order valence-electron chi connectivity index (χ3n) is 3.48. The van der Waals surface area contributed by atoms with E-state index in [1.807, 2.05) is 23.7 Å². The number of hydrogen-bond acceptors (Lipinski definition) is 5. The van der Waals surface area contributed by atoms with Crippen molar-refractivity contribution < 1.29 is 14.3 Å². The van der Waals surface area contributed by atoms with Crippen LogP contribution >= 0.6 is 20.6 Å². The van der Waals surface area contributed by atoms with Crippen molar-refractivity contribution >= 4 is 26.7 Å². The number of ether oxygens (including phenoxy) is 2. The van der Waals surface area contributed by atoms with Gasteiger partial charge in [0.2, 0.25) is 0 Å². The molecule has 0 radical (unpaired) electrons. The van der Waals surface area contributed by atoms with Gasteiger partial charge in [0.05, 0.1) is 7.11 Å². The zero-order chi connectivity index (χ0) is 17.6. The monoisotopic (exact) mass is 372 g/mol. The lowest BCUT2D eigenvalue weighted by Gasteiger charge is -2.12. The van der Waals surface area contributed by atoms with Crippen LogP contribution in [-0.4, -0.2) is 24.5 Å². The smallest absolute Gasteiger partial charge is 0.412 e. The van der Waals surface area contributed by atoms with E-state index >= 15 is 0 Å². The lowest BCUT2D eigenvalue weighted by molar-refractivity contribution is 0.202. The Balaban J connectivity index is 1.97. The first-order chi connectivity index (χ1) is 12.2. The average Bonchev–Trinajstić information content (AvgIpc) is 3.17. The summed E-state index contributed by atoms with van der Waals surface area (Å²) in [7, 11) is 4.02. The molecule has 1 aromatic carbocycles. The molecule has 1 atom stereocenters. The average molecular weight is 372 g/mol. The molecule has 3 aromatic rings. The van der Waals surface area contributed by atoms with Crippen molar-refractivity contribution in [2.75, 3.05) is 13.4 Å². The molecule has 0 saturated heterocycles. The summed E-state index contributed by atoms with van der Waals surface area (Å²) in [4.78, 5) is 17.1. The summed E-state index contributed by atoms with van der Waals surface area (Å²) in [6, 6.07) is 11.3. The summed E-state index contributed by atoms with van der Waals surface area (Å²) in [6.07, 6.45) is 3.52. The molecule has 5 nitrogen and oxygen atoms in total. The van der Waals surface area contributed by atoms with Gasteiger partial charge in [0.25, 0.3) is 0 Å². The summed E-state index contributed by atoms with van der Waals surface area (Å²) < 4.78 is 10.7. The minimum absolute atomic E-state index is 0.425. The maximum atomic E-state index is 11.6. The maximum absolute atomic E-state index is 11.6. The van der Waals surface area contributed by atoms with Gasteiger partial charge in [-0.05, 0) is 35.7 Å². The highest BCUT2D eigenvalue weighted by atomic mass is 32.1. The summed E-state index contributed by atoms with van der Waals surface area (Å²) in [5.74, 6) is 1.12. The highest BCUT2D eigenvalue weighted by molar-refractivity contribution is 7.16. The van der Waals surface area contributed by atoms with Crippen LogP contribution in [0.25, 0.3) is 21.6 Å². The van der Waals surface area contributed by atoms with Crippen LogP contribution in [-0.2, 0) is 0 Å². The lowest BCUT2D eigenvalue weighted by atomic mass is 10.0. The molecule has 7 heteroatoms. The number of rotatable bonds is 5. The quantitative estimate of drug-likeness (QED) is 0.674. The molecule has 0 aliphatic heterocycles. The Hall–Kier alpha value is -2.43. The number of carbonyl (C=O) groups excluding carboxylic acids is 1. The fraction of sp³-hybridized carbons (Fsp3) is 0.111. The van der Waals surface area contributed by atoms with Crippen molar-refractivity contribution in [1.29, 1.82) is 0 Å². The van der Waals surface area contributed by atoms with E-state index in [9.17, 15) is 4.79 Å². The van der Waals surface area contributed by atoms with Crippen molar-refractivity contribution in [2.45, 2.75) is 0 Å². The standard InChI is InChI=1S/C18H17N2O3PS/c1-22-16-5-4-14(23-18(21)20-11-24)8-15(16)12-7-13(10-19-9-12)17-3-2-6-25-17/h2-10H,11,24H2,1H3,(H,20,21). The molecule has 0 fully saturated rings. The van der Waals surface area contributed by atoms with E-state index in [2.05, 4.69) is 25.6 Å². The molecule has 2 heterocycles. The third kappa shape index (κ3) is 4.16. The molecule has 25 heavy (non-hydrogen) atoms. The van der Waals surface area contributed by atoms with Crippen LogP contribution in [0.5, 0.6) is 11.5 Å². The fourth-order valence-electron chi connectivity index (χ4n) is 2.37. The molecule has 0 spiro atoms. The summed E-state index contributed by atoms with van der Waals surface area (Å²) in [5, 5.41) is 4.60. The number of aromatic nitrogens is 1. The van der Waals surface area contributed by atoms with Gasteiger partial charge in [-0.15, -0.1) is 20.6 Å². The first kappa shape index (κ1) is 17.4. The number of methoxy groups -OCH3 is 1. The molecule has 0 bridgehead atoms. The number of hydrogen-bond donors (Lipinski definition) is 1. The molecular formula is C18H17N2O3PS. The van der Waals surface area contributed by atoms with Crippen LogP contribution in [0.4, 0.5) is 4.79 Å². The summed E-state index contributed by atoms with van der Waals surface area (Å²) in [6.45, 7) is 0. The van der Waals surface area contributed by atoms with Crippen molar-refractivity contribution in [1.82, 2.24) is 10.3 Å². The largest absolute Gasteiger partial charge is 0.496 e. The van der Waals surface area contributed by atoms with Gasteiger partial charge in [-0.1, -0.05) is 6.07 Å². The molecule has 0 aliphatic carbocycles.